The van der Waals surface area contributed by atoms with E-state index < -0.39 is 0 Å². The second kappa shape index (κ2) is 11.2. The topological polar surface area (TPSA) is 92.1 Å². The maximum absolute atomic E-state index is 12.1. The number of nitrogens with one attached hydrogen (secondary N) is 1. The lowest BCUT2D eigenvalue weighted by atomic mass is 10.1. The van der Waals surface area contributed by atoms with Crippen LogP contribution in [0.25, 0.3) is 11.5 Å². The summed E-state index contributed by atoms with van der Waals surface area (Å²) < 4.78 is 26.9. The van der Waals surface area contributed by atoms with Crippen LogP contribution in [0.3, 0.4) is 0 Å². The molecular weight excluding hydrogens is 412 g/mol. The lowest BCUT2D eigenvalue weighted by molar-refractivity contribution is -0.126. The van der Waals surface area contributed by atoms with Crippen LogP contribution >= 0.6 is 0 Å². The molecule has 1 amide bonds. The van der Waals surface area contributed by atoms with E-state index in [4.69, 9.17) is 23.4 Å². The minimum Gasteiger partial charge on any atom is -0.497 e. The van der Waals surface area contributed by atoms with Gasteiger partial charge in [0, 0.05) is 12.1 Å². The fourth-order valence-corrected chi connectivity index (χ4v) is 3.09. The largest absolute Gasteiger partial charge is 0.497 e. The summed E-state index contributed by atoms with van der Waals surface area (Å²) in [5.74, 6) is 3.07. The van der Waals surface area contributed by atoms with E-state index >= 15 is 0 Å². The van der Waals surface area contributed by atoms with E-state index in [1.54, 1.807) is 21.3 Å². The monoisotopic (exact) mass is 440 g/mol. The summed E-state index contributed by atoms with van der Waals surface area (Å²) in [5.41, 5.74) is 2.54. The Kier molecular flexibility index (Phi) is 8.10. The third kappa shape index (κ3) is 6.01. The number of hydrogen-bond acceptors (Lipinski definition) is 7. The van der Waals surface area contributed by atoms with Crippen LogP contribution in [0.5, 0.6) is 17.2 Å². The predicted octanol–water partition coefficient (Wildman–Crippen LogP) is 3.55. The van der Waals surface area contributed by atoms with E-state index in [-0.39, 0.29) is 19.1 Å². The van der Waals surface area contributed by atoms with Gasteiger partial charge in [-0.2, -0.15) is 0 Å². The molecule has 170 valence electrons. The highest BCUT2D eigenvalue weighted by molar-refractivity contribution is 5.77. The molecule has 32 heavy (non-hydrogen) atoms. The first kappa shape index (κ1) is 23.1. The van der Waals surface area contributed by atoms with Gasteiger partial charge in [0.05, 0.1) is 27.9 Å². The van der Waals surface area contributed by atoms with Crippen LogP contribution in [0, 0.1) is 6.92 Å². The number of nitrogens with zero attached hydrogens (tertiary/aromatic N) is 1. The van der Waals surface area contributed by atoms with Crippen LogP contribution in [-0.2, 0) is 22.6 Å². The number of hydrogen-bond donors (Lipinski definition) is 1. The molecule has 0 saturated heterocycles. The number of amides is 1. The molecule has 0 unspecified atom stereocenters. The molecule has 3 aromatic rings. The van der Waals surface area contributed by atoms with Gasteiger partial charge in [-0.3, -0.25) is 4.79 Å². The highest BCUT2D eigenvalue weighted by Gasteiger charge is 2.13. The highest BCUT2D eigenvalue weighted by atomic mass is 16.5. The zero-order valence-electron chi connectivity index (χ0n) is 18.8. The predicted molar refractivity (Wildman–Crippen MR) is 119 cm³/mol. The molecule has 1 heterocycles. The number of methoxy groups -OCH3 is 3. The molecule has 1 N–H and O–H groups in total. The quantitative estimate of drug-likeness (QED) is 0.487. The van der Waals surface area contributed by atoms with E-state index in [0.29, 0.717) is 41.8 Å². The van der Waals surface area contributed by atoms with Gasteiger partial charge < -0.3 is 28.7 Å². The van der Waals surface area contributed by atoms with Gasteiger partial charge in [-0.25, -0.2) is 4.98 Å². The molecular formula is C24H28N2O6. The number of oxazole rings is 1. The number of aryl methyl sites for hydroxylation is 1. The first-order valence-corrected chi connectivity index (χ1v) is 10.2. The van der Waals surface area contributed by atoms with Gasteiger partial charge in [-0.15, -0.1) is 0 Å². The van der Waals surface area contributed by atoms with Crippen molar-refractivity contribution in [3.05, 3.63) is 59.5 Å². The molecule has 0 aliphatic carbocycles. The number of carbonyl (C=O) groups excluding carboxylic acids is 1. The summed E-state index contributed by atoms with van der Waals surface area (Å²) in [5, 5.41) is 2.85. The summed E-state index contributed by atoms with van der Waals surface area (Å²) in [6.07, 6.45) is 0.666. The number of carbonyl (C=O) groups is 1. The standard InChI is InChI=1S/C24H28N2O6/c1-16-20(26-24(32-16)18-6-8-19(28-2)9-7-18)14-31-15-23(27)25-12-11-17-5-10-21(29-3)22(13-17)30-4/h5-10,13H,11-12,14-15H2,1-4H3,(H,25,27). The molecule has 0 radical (unpaired) electrons. The van der Waals surface area contributed by atoms with Crippen molar-refractivity contribution in [1.29, 1.82) is 0 Å². The van der Waals surface area contributed by atoms with Crippen molar-refractivity contribution < 1.29 is 28.2 Å². The van der Waals surface area contributed by atoms with Crippen molar-refractivity contribution in [3.63, 3.8) is 0 Å². The van der Waals surface area contributed by atoms with Gasteiger partial charge in [0.15, 0.2) is 11.5 Å². The highest BCUT2D eigenvalue weighted by Crippen LogP contribution is 2.27. The van der Waals surface area contributed by atoms with E-state index in [2.05, 4.69) is 10.3 Å². The first-order valence-electron chi connectivity index (χ1n) is 10.2. The molecule has 8 heteroatoms. The Morgan fingerprint density at radius 1 is 1.00 bits per heavy atom. The third-order valence-electron chi connectivity index (χ3n) is 4.89. The third-order valence-corrected chi connectivity index (χ3v) is 4.89. The fraction of sp³-hybridized carbons (Fsp3) is 0.333. The Hall–Kier alpha value is -3.52. The Morgan fingerprint density at radius 2 is 1.75 bits per heavy atom. The van der Waals surface area contributed by atoms with Crippen LogP contribution < -0.4 is 19.5 Å². The number of aromatic nitrogens is 1. The van der Waals surface area contributed by atoms with E-state index in [1.807, 2.05) is 49.4 Å². The average molecular weight is 440 g/mol. The van der Waals surface area contributed by atoms with Gasteiger partial charge >= 0.3 is 0 Å². The molecule has 0 aliphatic rings. The molecule has 2 aromatic carbocycles. The molecule has 8 nitrogen and oxygen atoms in total. The van der Waals surface area contributed by atoms with Gasteiger partial charge in [-0.05, 0) is 55.3 Å². The summed E-state index contributed by atoms with van der Waals surface area (Å²) >= 11 is 0. The van der Waals surface area contributed by atoms with Gasteiger partial charge in [0.2, 0.25) is 11.8 Å². The van der Waals surface area contributed by atoms with Crippen molar-refractivity contribution in [1.82, 2.24) is 10.3 Å². The maximum atomic E-state index is 12.1. The van der Waals surface area contributed by atoms with E-state index in [1.165, 1.54) is 0 Å². The van der Waals surface area contributed by atoms with Crippen molar-refractivity contribution in [3.8, 4) is 28.7 Å². The average Bonchev–Trinajstić information content (AvgIpc) is 3.19. The summed E-state index contributed by atoms with van der Waals surface area (Å²) in [7, 11) is 4.81. The molecule has 3 rings (SSSR count). The second-order valence-corrected chi connectivity index (χ2v) is 7.03. The maximum Gasteiger partial charge on any atom is 0.246 e. The minimum atomic E-state index is -0.193. The Balaban J connectivity index is 1.43. The first-order chi connectivity index (χ1) is 15.5. The van der Waals surface area contributed by atoms with E-state index in [9.17, 15) is 4.79 Å². The molecule has 0 saturated carbocycles. The molecule has 1 aromatic heterocycles. The van der Waals surface area contributed by atoms with Crippen LogP contribution in [-0.4, -0.2) is 45.4 Å². The van der Waals surface area contributed by atoms with Crippen molar-refractivity contribution in [2.75, 3.05) is 34.5 Å². The SMILES string of the molecule is COc1ccc(-c2nc(COCC(=O)NCCc3ccc(OC)c(OC)c3)c(C)o2)cc1. The molecule has 0 spiro atoms. The smallest absolute Gasteiger partial charge is 0.246 e. The lowest BCUT2D eigenvalue weighted by Gasteiger charge is -2.10. The van der Waals surface area contributed by atoms with Crippen LogP contribution in [0.2, 0.25) is 0 Å². The normalized spacial score (nSPS) is 10.6. The Morgan fingerprint density at radius 3 is 2.44 bits per heavy atom. The lowest BCUT2D eigenvalue weighted by Crippen LogP contribution is -2.29. The summed E-state index contributed by atoms with van der Waals surface area (Å²) in [6, 6.07) is 13.1. The summed E-state index contributed by atoms with van der Waals surface area (Å²) in [6.45, 7) is 2.44. The molecule has 0 atom stereocenters. The van der Waals surface area contributed by atoms with Crippen molar-refractivity contribution in [2.24, 2.45) is 0 Å². The van der Waals surface area contributed by atoms with Crippen LogP contribution in [0.1, 0.15) is 17.0 Å². The second-order valence-electron chi connectivity index (χ2n) is 7.03. The van der Waals surface area contributed by atoms with Crippen molar-refractivity contribution >= 4 is 5.91 Å². The minimum absolute atomic E-state index is 0.0594. The van der Waals surface area contributed by atoms with Gasteiger partial charge in [-0.1, -0.05) is 6.07 Å². The molecule has 0 aliphatic heterocycles. The number of benzene rings is 2. The Labute approximate surface area is 187 Å². The van der Waals surface area contributed by atoms with Gasteiger partial charge in [0.25, 0.3) is 0 Å². The zero-order chi connectivity index (χ0) is 22.9. The Bertz CT molecular complexity index is 1030. The van der Waals surface area contributed by atoms with Crippen LogP contribution in [0.15, 0.2) is 46.9 Å². The molecule has 0 fully saturated rings. The van der Waals surface area contributed by atoms with Gasteiger partial charge in [0.1, 0.15) is 23.8 Å². The molecule has 0 bridgehead atoms. The number of ether oxygens (including phenoxy) is 4. The van der Waals surface area contributed by atoms with Crippen molar-refractivity contribution in [2.45, 2.75) is 20.0 Å². The number of rotatable bonds is 11. The van der Waals surface area contributed by atoms with E-state index in [0.717, 1.165) is 16.9 Å². The zero-order valence-corrected chi connectivity index (χ0v) is 18.8. The fourth-order valence-electron chi connectivity index (χ4n) is 3.09. The van der Waals surface area contributed by atoms with Crippen LogP contribution in [0.4, 0.5) is 0 Å². The summed E-state index contributed by atoms with van der Waals surface area (Å²) in [4.78, 5) is 16.6.